The zero-order chi connectivity index (χ0) is 27.6. The van der Waals surface area contributed by atoms with E-state index in [1.54, 1.807) is 0 Å². The molecule has 1 aliphatic carbocycles. The second-order valence-corrected chi connectivity index (χ2v) is 12.2. The highest BCUT2D eigenvalue weighted by Gasteiger charge is 2.37. The summed E-state index contributed by atoms with van der Waals surface area (Å²) >= 11 is 0. The molecule has 39 heavy (non-hydrogen) atoms. The molecule has 2 heterocycles. The molecule has 204 valence electrons. The number of anilines is 1. The van der Waals surface area contributed by atoms with Gasteiger partial charge < -0.3 is 14.6 Å². The number of nitrogens with one attached hydrogen (secondary N) is 1. The van der Waals surface area contributed by atoms with Crippen LogP contribution in [0.5, 0.6) is 0 Å². The van der Waals surface area contributed by atoms with Crippen LogP contribution in [0.25, 0.3) is 22.7 Å². The van der Waals surface area contributed by atoms with E-state index in [2.05, 4.69) is 10.3 Å². The monoisotopic (exact) mass is 554 g/mol. The number of carbonyl (C=O) groups excluding carboxylic acids is 1. The first-order valence-corrected chi connectivity index (χ1v) is 14.7. The van der Waals surface area contributed by atoms with Gasteiger partial charge in [-0.3, -0.25) is 4.79 Å². The molecule has 2 fully saturated rings. The summed E-state index contributed by atoms with van der Waals surface area (Å²) in [5.74, 6) is -1.91. The molecule has 0 bridgehead atoms. The minimum Gasteiger partial charge on any atom is -0.440 e. The number of oxazole rings is 1. The van der Waals surface area contributed by atoms with Gasteiger partial charge in [0.05, 0.1) is 23.1 Å². The predicted octanol–water partition coefficient (Wildman–Crippen LogP) is 4.44. The van der Waals surface area contributed by atoms with Crippen LogP contribution in [-0.4, -0.2) is 50.4 Å². The standard InChI is InChI=1S/C28H28F2N4O4S/c29-19-7-10-23(24(30)17-19)28-33-25(18-5-8-20(9-6-18)34-13-15-39(36,37)16-14-34)26(38-28)21-3-1-2-4-22(21)27(35)32-12-11-31/h5-10,17,21-22H,1-4,12-16H2,(H,32,35)/t21-,22-/m1/s1. The molecule has 2 atom stereocenters. The van der Waals surface area contributed by atoms with Gasteiger partial charge in [0, 0.05) is 42.2 Å². The number of aromatic nitrogens is 1. The molecule has 2 aromatic carbocycles. The fourth-order valence-electron chi connectivity index (χ4n) is 5.39. The molecule has 0 unspecified atom stereocenters. The molecule has 1 aromatic heterocycles. The molecule has 1 saturated carbocycles. The summed E-state index contributed by atoms with van der Waals surface area (Å²) in [6.07, 6.45) is 2.98. The Morgan fingerprint density at radius 1 is 1.10 bits per heavy atom. The average molecular weight is 555 g/mol. The fraction of sp³-hybridized carbons (Fsp3) is 0.393. The predicted molar refractivity (Wildman–Crippen MR) is 141 cm³/mol. The lowest BCUT2D eigenvalue weighted by atomic mass is 9.76. The molecule has 8 nitrogen and oxygen atoms in total. The first kappa shape index (κ1) is 26.8. The van der Waals surface area contributed by atoms with Crippen molar-refractivity contribution in [3.05, 3.63) is 59.9 Å². The van der Waals surface area contributed by atoms with E-state index in [9.17, 15) is 22.0 Å². The Kier molecular flexibility index (Phi) is 7.66. The summed E-state index contributed by atoms with van der Waals surface area (Å²) < 4.78 is 58.1. The molecule has 0 radical (unpaired) electrons. The van der Waals surface area contributed by atoms with E-state index in [-0.39, 0.29) is 41.3 Å². The minimum atomic E-state index is -3.01. The normalized spacial score (nSPS) is 20.8. The van der Waals surface area contributed by atoms with E-state index >= 15 is 0 Å². The maximum absolute atomic E-state index is 14.7. The number of hydrogen-bond acceptors (Lipinski definition) is 7. The lowest BCUT2D eigenvalue weighted by Gasteiger charge is -2.29. The average Bonchev–Trinajstić information content (AvgIpc) is 3.37. The minimum absolute atomic E-state index is 0.00966. The summed E-state index contributed by atoms with van der Waals surface area (Å²) in [4.78, 5) is 19.6. The number of halogens is 2. The summed E-state index contributed by atoms with van der Waals surface area (Å²) in [5, 5.41) is 11.6. The smallest absolute Gasteiger partial charge is 0.229 e. The number of hydrogen-bond donors (Lipinski definition) is 1. The van der Waals surface area contributed by atoms with Crippen LogP contribution >= 0.6 is 0 Å². The summed E-state index contributed by atoms with van der Waals surface area (Å²) in [5.41, 5.74) is 2.04. The maximum atomic E-state index is 14.7. The first-order valence-electron chi connectivity index (χ1n) is 12.9. The Hall–Kier alpha value is -3.78. The van der Waals surface area contributed by atoms with Crippen LogP contribution in [0.3, 0.4) is 0 Å². The van der Waals surface area contributed by atoms with Crippen LogP contribution in [0.1, 0.15) is 37.4 Å². The van der Waals surface area contributed by atoms with Gasteiger partial charge in [0.2, 0.25) is 11.8 Å². The van der Waals surface area contributed by atoms with Crippen molar-refractivity contribution in [1.29, 1.82) is 5.26 Å². The highest BCUT2D eigenvalue weighted by molar-refractivity contribution is 7.91. The molecule has 2 aliphatic rings. The number of benzene rings is 2. The van der Waals surface area contributed by atoms with Gasteiger partial charge in [-0.1, -0.05) is 25.0 Å². The fourth-order valence-corrected chi connectivity index (χ4v) is 6.59. The van der Waals surface area contributed by atoms with Crippen molar-refractivity contribution in [2.24, 2.45) is 5.92 Å². The van der Waals surface area contributed by atoms with E-state index in [0.717, 1.165) is 30.7 Å². The third-order valence-corrected chi connectivity index (χ3v) is 9.06. The molecule has 1 saturated heterocycles. The van der Waals surface area contributed by atoms with Gasteiger partial charge in [-0.05, 0) is 37.1 Å². The van der Waals surface area contributed by atoms with Crippen molar-refractivity contribution >= 4 is 21.4 Å². The lowest BCUT2D eigenvalue weighted by molar-refractivity contribution is -0.126. The zero-order valence-electron chi connectivity index (χ0n) is 21.2. The van der Waals surface area contributed by atoms with Crippen molar-refractivity contribution in [3.8, 4) is 28.8 Å². The number of nitrogens with zero attached hydrogens (tertiary/aromatic N) is 3. The Morgan fingerprint density at radius 3 is 2.51 bits per heavy atom. The molecule has 5 rings (SSSR count). The molecule has 1 N–H and O–H groups in total. The van der Waals surface area contributed by atoms with Crippen LogP contribution < -0.4 is 10.2 Å². The van der Waals surface area contributed by atoms with Crippen molar-refractivity contribution in [3.63, 3.8) is 0 Å². The third kappa shape index (κ3) is 5.81. The Labute approximate surface area is 225 Å². The second kappa shape index (κ2) is 11.1. The van der Waals surface area contributed by atoms with Gasteiger partial charge in [0.25, 0.3) is 0 Å². The number of sulfone groups is 1. The van der Waals surface area contributed by atoms with E-state index in [0.29, 0.717) is 42.9 Å². The van der Waals surface area contributed by atoms with Crippen LogP contribution in [-0.2, 0) is 14.6 Å². The Morgan fingerprint density at radius 2 is 1.82 bits per heavy atom. The number of amides is 1. The second-order valence-electron chi connectivity index (χ2n) is 9.92. The summed E-state index contributed by atoms with van der Waals surface area (Å²) in [6, 6.07) is 12.5. The molecule has 1 amide bonds. The molecule has 0 spiro atoms. The van der Waals surface area contributed by atoms with Gasteiger partial charge in [0.15, 0.2) is 9.84 Å². The van der Waals surface area contributed by atoms with Crippen LogP contribution in [0.2, 0.25) is 0 Å². The van der Waals surface area contributed by atoms with Gasteiger partial charge >= 0.3 is 0 Å². The van der Waals surface area contributed by atoms with Crippen LogP contribution in [0.15, 0.2) is 46.9 Å². The highest BCUT2D eigenvalue weighted by atomic mass is 32.2. The number of nitriles is 1. The van der Waals surface area contributed by atoms with Gasteiger partial charge in [-0.25, -0.2) is 22.2 Å². The van der Waals surface area contributed by atoms with Crippen molar-refractivity contribution in [1.82, 2.24) is 10.3 Å². The highest BCUT2D eigenvalue weighted by Crippen LogP contribution is 2.44. The molecule has 11 heteroatoms. The molecular weight excluding hydrogens is 526 g/mol. The van der Waals surface area contributed by atoms with Gasteiger partial charge in [-0.2, -0.15) is 5.26 Å². The van der Waals surface area contributed by atoms with Gasteiger partial charge in [-0.15, -0.1) is 0 Å². The van der Waals surface area contributed by atoms with Crippen molar-refractivity contribution in [2.75, 3.05) is 36.0 Å². The molecule has 3 aromatic rings. The number of carbonyl (C=O) groups is 1. The summed E-state index contributed by atoms with van der Waals surface area (Å²) in [6.45, 7) is 0.718. The quantitative estimate of drug-likeness (QED) is 0.448. The lowest BCUT2D eigenvalue weighted by Crippen LogP contribution is -2.40. The van der Waals surface area contributed by atoms with E-state index in [1.807, 2.05) is 35.2 Å². The molecule has 1 aliphatic heterocycles. The topological polar surface area (TPSA) is 116 Å². The first-order chi connectivity index (χ1) is 18.8. The summed E-state index contributed by atoms with van der Waals surface area (Å²) in [7, 11) is -3.01. The van der Waals surface area contributed by atoms with Crippen LogP contribution in [0.4, 0.5) is 14.5 Å². The van der Waals surface area contributed by atoms with E-state index in [1.165, 1.54) is 6.07 Å². The SMILES string of the molecule is N#CCNC(=O)[C@@H]1CCCC[C@H]1c1oc(-c2ccc(F)cc2F)nc1-c1ccc(N2CCS(=O)(=O)CC2)cc1. The zero-order valence-corrected chi connectivity index (χ0v) is 22.0. The third-order valence-electron chi connectivity index (χ3n) is 7.45. The molecular formula is C28H28F2N4O4S. The maximum Gasteiger partial charge on any atom is 0.229 e. The van der Waals surface area contributed by atoms with Crippen LogP contribution in [0, 0.1) is 28.9 Å². The van der Waals surface area contributed by atoms with Crippen molar-refractivity contribution in [2.45, 2.75) is 31.6 Å². The van der Waals surface area contributed by atoms with E-state index in [4.69, 9.17) is 9.68 Å². The largest absolute Gasteiger partial charge is 0.440 e. The Balaban J connectivity index is 1.53. The van der Waals surface area contributed by atoms with E-state index < -0.39 is 27.4 Å². The van der Waals surface area contributed by atoms with Gasteiger partial charge in [0.1, 0.15) is 29.6 Å². The Bertz CT molecular complexity index is 1500. The number of rotatable bonds is 6. The van der Waals surface area contributed by atoms with Crippen molar-refractivity contribution < 1.29 is 26.4 Å².